The van der Waals surface area contributed by atoms with Crippen LogP contribution in [0.1, 0.15) is 33.1 Å². The SMILES string of the molecule is CN(C(=O)C1CCCCN1S(C)(=O)=O)C(C)(C)C(=O)O. The monoisotopic (exact) mass is 306 g/mol. The van der Waals surface area contributed by atoms with Gasteiger partial charge in [0, 0.05) is 13.6 Å². The lowest BCUT2D eigenvalue weighted by molar-refractivity contribution is -0.157. The van der Waals surface area contributed by atoms with Crippen LogP contribution in [0.4, 0.5) is 0 Å². The molecule has 1 heterocycles. The quantitative estimate of drug-likeness (QED) is 0.796. The fourth-order valence-electron chi connectivity index (χ4n) is 2.19. The predicted molar refractivity (Wildman–Crippen MR) is 73.7 cm³/mol. The second-order valence-electron chi connectivity index (χ2n) is 5.65. The Hall–Kier alpha value is -1.15. The number of carboxylic acids is 1. The van der Waals surface area contributed by atoms with Crippen LogP contribution in [-0.2, 0) is 19.6 Å². The number of carboxylic acid groups (broad SMARTS) is 1. The zero-order valence-electron chi connectivity index (χ0n) is 12.3. The van der Waals surface area contributed by atoms with Gasteiger partial charge in [-0.05, 0) is 26.7 Å². The second-order valence-corrected chi connectivity index (χ2v) is 7.58. The smallest absolute Gasteiger partial charge is 0.329 e. The fraction of sp³-hybridized carbons (Fsp3) is 0.833. The minimum atomic E-state index is -3.48. The van der Waals surface area contributed by atoms with Gasteiger partial charge in [0.15, 0.2) is 0 Å². The van der Waals surface area contributed by atoms with Crippen LogP contribution >= 0.6 is 0 Å². The Kier molecular flexibility index (Phi) is 4.81. The van der Waals surface area contributed by atoms with Crippen LogP contribution in [0.5, 0.6) is 0 Å². The van der Waals surface area contributed by atoms with Gasteiger partial charge in [-0.1, -0.05) is 6.42 Å². The standard InChI is InChI=1S/C12H22N2O5S/c1-12(2,11(16)17)13(3)10(15)9-7-5-6-8-14(9)20(4,18)19/h9H,5-8H2,1-4H3,(H,16,17). The van der Waals surface area contributed by atoms with Crippen molar-refractivity contribution >= 4 is 21.9 Å². The molecule has 20 heavy (non-hydrogen) atoms. The van der Waals surface area contributed by atoms with Gasteiger partial charge in [-0.25, -0.2) is 13.2 Å². The van der Waals surface area contributed by atoms with Gasteiger partial charge >= 0.3 is 5.97 Å². The number of aliphatic carboxylic acids is 1. The number of carbonyl (C=O) groups excluding carboxylic acids is 1. The largest absolute Gasteiger partial charge is 0.480 e. The molecule has 0 spiro atoms. The molecule has 1 aliphatic rings. The average molecular weight is 306 g/mol. The van der Waals surface area contributed by atoms with Crippen LogP contribution in [0.15, 0.2) is 0 Å². The van der Waals surface area contributed by atoms with Gasteiger partial charge in [0.05, 0.1) is 6.26 Å². The van der Waals surface area contributed by atoms with Crippen molar-refractivity contribution in [2.75, 3.05) is 19.8 Å². The minimum Gasteiger partial charge on any atom is -0.480 e. The van der Waals surface area contributed by atoms with Gasteiger partial charge in [0.25, 0.3) is 0 Å². The molecule has 0 saturated carbocycles. The lowest BCUT2D eigenvalue weighted by Crippen LogP contribution is -2.58. The van der Waals surface area contributed by atoms with Crippen LogP contribution in [0.25, 0.3) is 0 Å². The average Bonchev–Trinajstić information content (AvgIpc) is 2.35. The van der Waals surface area contributed by atoms with Crippen molar-refractivity contribution in [3.05, 3.63) is 0 Å². The third-order valence-corrected chi connectivity index (χ3v) is 5.15. The molecule has 0 radical (unpaired) electrons. The van der Waals surface area contributed by atoms with Crippen molar-refractivity contribution in [1.82, 2.24) is 9.21 Å². The van der Waals surface area contributed by atoms with Gasteiger partial charge < -0.3 is 10.0 Å². The minimum absolute atomic E-state index is 0.302. The van der Waals surface area contributed by atoms with E-state index in [1.807, 2.05) is 0 Å². The van der Waals surface area contributed by atoms with Gasteiger partial charge in [0.2, 0.25) is 15.9 Å². The van der Waals surface area contributed by atoms with Crippen molar-refractivity contribution in [3.8, 4) is 0 Å². The zero-order chi connectivity index (χ0) is 15.7. The van der Waals surface area contributed by atoms with E-state index in [1.54, 1.807) is 0 Å². The molecule has 0 bridgehead atoms. The number of sulfonamides is 1. The van der Waals surface area contributed by atoms with Crippen LogP contribution in [0.2, 0.25) is 0 Å². The number of amides is 1. The summed E-state index contributed by atoms with van der Waals surface area (Å²) in [6.45, 7) is 3.14. The normalized spacial score (nSPS) is 21.5. The number of likely N-dealkylation sites (N-methyl/N-ethyl adjacent to an activating group) is 1. The highest BCUT2D eigenvalue weighted by Gasteiger charge is 2.42. The maximum absolute atomic E-state index is 12.5. The van der Waals surface area contributed by atoms with E-state index in [4.69, 9.17) is 5.11 Å². The fourth-order valence-corrected chi connectivity index (χ4v) is 3.31. The number of nitrogens with zero attached hydrogens (tertiary/aromatic N) is 2. The van der Waals surface area contributed by atoms with E-state index in [-0.39, 0.29) is 0 Å². The highest BCUT2D eigenvalue weighted by molar-refractivity contribution is 7.88. The van der Waals surface area contributed by atoms with Crippen molar-refractivity contribution in [2.24, 2.45) is 0 Å². The summed E-state index contributed by atoms with van der Waals surface area (Å²) in [4.78, 5) is 24.8. The first-order valence-electron chi connectivity index (χ1n) is 6.47. The Labute approximate surface area is 119 Å². The molecule has 0 aliphatic carbocycles. The molecule has 1 aliphatic heterocycles. The summed E-state index contributed by atoms with van der Waals surface area (Å²) >= 11 is 0. The van der Waals surface area contributed by atoms with Crippen LogP contribution in [0.3, 0.4) is 0 Å². The van der Waals surface area contributed by atoms with E-state index in [0.717, 1.165) is 17.6 Å². The first-order valence-corrected chi connectivity index (χ1v) is 8.32. The van der Waals surface area contributed by atoms with Gasteiger partial charge in [-0.2, -0.15) is 4.31 Å². The van der Waals surface area contributed by atoms with Gasteiger partial charge in [-0.3, -0.25) is 4.79 Å². The molecule has 0 aromatic carbocycles. The molecule has 1 rings (SSSR count). The lowest BCUT2D eigenvalue weighted by atomic mass is 9.99. The number of hydrogen-bond acceptors (Lipinski definition) is 4. The van der Waals surface area contributed by atoms with Crippen molar-refractivity contribution < 1.29 is 23.1 Å². The first kappa shape index (κ1) is 16.9. The third kappa shape index (κ3) is 3.29. The van der Waals surface area contributed by atoms with E-state index in [1.165, 1.54) is 25.2 Å². The Morgan fingerprint density at radius 1 is 1.30 bits per heavy atom. The second kappa shape index (κ2) is 5.69. The van der Waals surface area contributed by atoms with E-state index in [9.17, 15) is 18.0 Å². The Balaban J connectivity index is 3.02. The molecule has 0 aromatic heterocycles. The molecule has 1 saturated heterocycles. The molecule has 1 N–H and O–H groups in total. The molecule has 8 heteroatoms. The highest BCUT2D eigenvalue weighted by atomic mass is 32.2. The number of rotatable bonds is 4. The lowest BCUT2D eigenvalue weighted by Gasteiger charge is -2.39. The number of carbonyl (C=O) groups is 2. The van der Waals surface area contributed by atoms with Gasteiger partial charge in [-0.15, -0.1) is 0 Å². The molecule has 1 fully saturated rings. The Morgan fingerprint density at radius 2 is 1.85 bits per heavy atom. The van der Waals surface area contributed by atoms with E-state index >= 15 is 0 Å². The van der Waals surface area contributed by atoms with Crippen molar-refractivity contribution in [1.29, 1.82) is 0 Å². The van der Waals surface area contributed by atoms with Crippen molar-refractivity contribution in [2.45, 2.75) is 44.7 Å². The Bertz CT molecular complexity index is 500. The molecule has 1 unspecified atom stereocenters. The summed E-state index contributed by atoms with van der Waals surface area (Å²) < 4.78 is 24.7. The molecule has 1 atom stereocenters. The summed E-state index contributed by atoms with van der Waals surface area (Å²) in [7, 11) is -2.09. The Morgan fingerprint density at radius 3 is 2.30 bits per heavy atom. The maximum Gasteiger partial charge on any atom is 0.329 e. The zero-order valence-corrected chi connectivity index (χ0v) is 13.1. The topological polar surface area (TPSA) is 95.0 Å². The molecule has 116 valence electrons. The highest BCUT2D eigenvalue weighted by Crippen LogP contribution is 2.24. The van der Waals surface area contributed by atoms with E-state index in [0.29, 0.717) is 19.4 Å². The number of hydrogen-bond donors (Lipinski definition) is 1. The molecule has 0 aromatic rings. The van der Waals surface area contributed by atoms with Crippen LogP contribution in [-0.4, -0.2) is 66.0 Å². The van der Waals surface area contributed by atoms with Gasteiger partial charge in [0.1, 0.15) is 11.6 Å². The van der Waals surface area contributed by atoms with E-state index in [2.05, 4.69) is 0 Å². The summed E-state index contributed by atoms with van der Waals surface area (Å²) in [5.41, 5.74) is -1.38. The number of piperidine rings is 1. The molecular formula is C12H22N2O5S. The third-order valence-electron chi connectivity index (χ3n) is 3.86. The summed E-state index contributed by atoms with van der Waals surface area (Å²) in [5.74, 6) is -1.60. The summed E-state index contributed by atoms with van der Waals surface area (Å²) in [5, 5.41) is 9.16. The van der Waals surface area contributed by atoms with E-state index < -0.39 is 33.5 Å². The maximum atomic E-state index is 12.5. The molecule has 7 nitrogen and oxygen atoms in total. The van der Waals surface area contributed by atoms with Crippen molar-refractivity contribution in [3.63, 3.8) is 0 Å². The summed E-state index contributed by atoms with van der Waals surface area (Å²) in [6, 6.07) is -0.803. The van der Waals surface area contributed by atoms with Crippen LogP contribution < -0.4 is 0 Å². The molecule has 1 amide bonds. The molecular weight excluding hydrogens is 284 g/mol. The first-order chi connectivity index (χ1) is 8.99. The predicted octanol–water partition coefficient (Wildman–Crippen LogP) is 0.122. The summed E-state index contributed by atoms with van der Waals surface area (Å²) in [6.07, 6.45) is 2.96. The van der Waals surface area contributed by atoms with Crippen LogP contribution in [0, 0.1) is 0 Å².